The minimum atomic E-state index is -1.96. The number of phenolic OH excluding ortho intramolecular Hbond substituents is 2. The highest BCUT2D eigenvalue weighted by molar-refractivity contribution is 6.11. The highest BCUT2D eigenvalue weighted by Crippen LogP contribution is 2.48. The molecule has 26 nitrogen and oxygen atoms in total. The van der Waals surface area contributed by atoms with Gasteiger partial charge in [0.2, 0.25) is 6.29 Å². The van der Waals surface area contributed by atoms with Gasteiger partial charge in [-0.3, -0.25) is 19.2 Å². The van der Waals surface area contributed by atoms with Crippen molar-refractivity contribution < 1.29 is 126 Å². The summed E-state index contributed by atoms with van der Waals surface area (Å²) in [4.78, 5) is 53.2. The van der Waals surface area contributed by atoms with Gasteiger partial charge in [0.15, 0.2) is 48.9 Å². The van der Waals surface area contributed by atoms with Crippen molar-refractivity contribution in [1.29, 1.82) is 0 Å². The van der Waals surface area contributed by atoms with Crippen molar-refractivity contribution >= 4 is 34.3 Å². The number of esters is 2. The molecule has 25 atom stereocenters. The molecule has 5 heterocycles. The number of fused-ring (bicyclic) bond motifs is 2. The lowest BCUT2D eigenvalue weighted by atomic mass is 9.75. The van der Waals surface area contributed by atoms with Crippen LogP contribution in [0.4, 0.5) is 0 Å². The minimum absolute atomic E-state index is 0.0251. The van der Waals surface area contributed by atoms with Crippen LogP contribution in [0.15, 0.2) is 12.1 Å². The van der Waals surface area contributed by atoms with Crippen molar-refractivity contribution in [3.8, 4) is 17.2 Å². The van der Waals surface area contributed by atoms with Crippen molar-refractivity contribution in [3.05, 3.63) is 28.8 Å². The van der Waals surface area contributed by atoms with Crippen molar-refractivity contribution in [3.63, 3.8) is 0 Å². The van der Waals surface area contributed by atoms with Gasteiger partial charge in [-0.25, -0.2) is 0 Å². The van der Waals surface area contributed by atoms with Gasteiger partial charge < -0.3 is 107 Å². The molecule has 5 fully saturated rings. The molecule has 0 saturated carbocycles. The van der Waals surface area contributed by atoms with E-state index in [9.17, 15) is 55.2 Å². The average molecular weight is 1180 g/mol. The lowest BCUT2D eigenvalue weighted by Gasteiger charge is -2.46. The normalized spacial score (nSPS) is 39.7. The molecule has 5 saturated heterocycles. The van der Waals surface area contributed by atoms with E-state index >= 15 is 4.79 Å². The van der Waals surface area contributed by atoms with Gasteiger partial charge in [-0.15, -0.1) is 0 Å². The number of rotatable bonds is 18. The SMILES string of the molecule is CO[C@@H]1[C@H](O)C[C@@H](O[C@@H]2C[C@H](Oc3cc4cc5c(c(O)c4c(O)c3C)C(=O)[C@@H](O[C@H]3C[C@@H](O[C@H]4C[C@@H](O[C@H]6C[C@](C)(O)[C@@H](OC(C)=O)[C@H](C)O6)[C@H](O)[C@@H](C)O4)[C@H](O)[C@@H](C)O3)C([C@H](OC)C(=O)[C@@H](O)[C@@H](C)O)C5)O[C@H](C)[C@@H]2OC(C)=O)O[C@@H]1C. The molecule has 6 aliphatic rings. The molecule has 26 heteroatoms. The maximum absolute atomic E-state index is 15.1. The van der Waals surface area contributed by atoms with Gasteiger partial charge in [-0.05, 0) is 84.9 Å². The number of aromatic hydroxyl groups is 2. The van der Waals surface area contributed by atoms with Gasteiger partial charge in [-0.2, -0.15) is 0 Å². The van der Waals surface area contributed by atoms with Gasteiger partial charge in [0.1, 0.15) is 65.6 Å². The first-order valence-electron chi connectivity index (χ1n) is 28.2. The van der Waals surface area contributed by atoms with Gasteiger partial charge in [0.05, 0.1) is 65.9 Å². The first-order chi connectivity index (χ1) is 39.0. The fraction of sp³-hybridized carbons (Fsp3) is 0.754. The Hall–Kier alpha value is -4.30. The zero-order valence-corrected chi connectivity index (χ0v) is 48.7. The Morgan fingerprint density at radius 3 is 1.78 bits per heavy atom. The number of benzene rings is 2. The van der Waals surface area contributed by atoms with Crippen molar-refractivity contribution in [2.45, 2.75) is 255 Å². The molecule has 0 spiro atoms. The Labute approximate surface area is 480 Å². The third-order valence-electron chi connectivity index (χ3n) is 16.6. The van der Waals surface area contributed by atoms with Crippen LogP contribution < -0.4 is 4.74 Å². The summed E-state index contributed by atoms with van der Waals surface area (Å²) in [6.07, 6.45) is -25.9. The van der Waals surface area contributed by atoms with E-state index in [1.165, 1.54) is 67.9 Å². The molecule has 466 valence electrons. The second kappa shape index (κ2) is 26.4. The van der Waals surface area contributed by atoms with E-state index < -0.39 is 188 Å². The number of methoxy groups -OCH3 is 2. The molecule has 0 radical (unpaired) electrons. The van der Waals surface area contributed by atoms with E-state index in [2.05, 4.69) is 0 Å². The summed E-state index contributed by atoms with van der Waals surface area (Å²) in [5, 5.41) is 90.1. The monoisotopic (exact) mass is 1180 g/mol. The molecule has 5 aliphatic heterocycles. The van der Waals surface area contributed by atoms with Crippen molar-refractivity contribution in [1.82, 2.24) is 0 Å². The number of hydrogen-bond donors (Lipinski definition) is 8. The summed E-state index contributed by atoms with van der Waals surface area (Å²) in [5.41, 5.74) is -1.51. The van der Waals surface area contributed by atoms with Crippen LogP contribution in [0.2, 0.25) is 0 Å². The highest BCUT2D eigenvalue weighted by Gasteiger charge is 2.52. The van der Waals surface area contributed by atoms with E-state index in [1.54, 1.807) is 27.7 Å². The average Bonchev–Trinajstić information content (AvgIpc) is 3.47. The smallest absolute Gasteiger partial charge is 0.303 e. The van der Waals surface area contributed by atoms with E-state index in [4.69, 9.17) is 66.3 Å². The van der Waals surface area contributed by atoms with E-state index in [0.29, 0.717) is 0 Å². The molecule has 1 unspecified atom stereocenters. The number of carbonyl (C=O) groups excluding carboxylic acids is 4. The summed E-state index contributed by atoms with van der Waals surface area (Å²) in [5.74, 6) is -5.32. The summed E-state index contributed by atoms with van der Waals surface area (Å²) in [7, 11) is 2.64. The zero-order chi connectivity index (χ0) is 60.8. The highest BCUT2D eigenvalue weighted by atomic mass is 16.7. The van der Waals surface area contributed by atoms with Gasteiger partial charge >= 0.3 is 11.9 Å². The fourth-order valence-corrected chi connectivity index (χ4v) is 12.4. The van der Waals surface area contributed by atoms with Crippen LogP contribution in [0.5, 0.6) is 17.2 Å². The van der Waals surface area contributed by atoms with Crippen LogP contribution in [-0.2, 0) is 82.4 Å². The summed E-state index contributed by atoms with van der Waals surface area (Å²) >= 11 is 0. The molecular weight excluding hydrogens is 1100 g/mol. The van der Waals surface area contributed by atoms with Gasteiger partial charge in [-0.1, -0.05) is 0 Å². The first-order valence-corrected chi connectivity index (χ1v) is 28.2. The maximum atomic E-state index is 15.1. The fourth-order valence-electron chi connectivity index (χ4n) is 12.4. The number of carbonyl (C=O) groups is 4. The quantitative estimate of drug-likeness (QED) is 0.0982. The second-order valence-electron chi connectivity index (χ2n) is 23.1. The van der Waals surface area contributed by atoms with Crippen molar-refractivity contribution in [2.24, 2.45) is 5.92 Å². The molecule has 0 bridgehead atoms. The molecule has 83 heavy (non-hydrogen) atoms. The minimum Gasteiger partial charge on any atom is -0.507 e. The number of phenols is 2. The molecule has 0 aromatic heterocycles. The topological polar surface area (TPSA) is 359 Å². The molecule has 0 amide bonds. The lowest BCUT2D eigenvalue weighted by molar-refractivity contribution is -0.334. The Balaban J connectivity index is 1.04. The predicted molar refractivity (Wildman–Crippen MR) is 282 cm³/mol. The zero-order valence-electron chi connectivity index (χ0n) is 48.7. The number of ether oxygens (including phenoxy) is 14. The third-order valence-corrected chi connectivity index (χ3v) is 16.6. The number of ketones is 2. The van der Waals surface area contributed by atoms with Crippen LogP contribution in [-0.4, -0.2) is 225 Å². The number of aliphatic hydroxyl groups excluding tert-OH is 5. The first kappa shape index (κ1) is 64.7. The van der Waals surface area contributed by atoms with E-state index in [1.807, 2.05) is 0 Å². The lowest BCUT2D eigenvalue weighted by Crippen LogP contribution is -2.59. The summed E-state index contributed by atoms with van der Waals surface area (Å²) < 4.78 is 84.2. The van der Waals surface area contributed by atoms with Crippen molar-refractivity contribution in [2.75, 3.05) is 14.2 Å². The molecule has 2 aromatic rings. The van der Waals surface area contributed by atoms with Crippen LogP contribution in [0.25, 0.3) is 10.8 Å². The van der Waals surface area contributed by atoms with Crippen LogP contribution >= 0.6 is 0 Å². The van der Waals surface area contributed by atoms with Gasteiger partial charge in [0.25, 0.3) is 0 Å². The standard InChI is InChI=1S/C57H82O26/c1-21-34(79-40-19-37(53(26(6)75-40)77-28(8)59)82-38-16-33(61)52(70-11)25(5)74-38)15-31-13-30-14-32(54(71-12)51(68)46(63)22(2)58)55(50(67)44(30)49(66)43(31)45(21)62)83-41-18-35(47(64)24(4)73-41)80-39-17-36(48(65)23(3)72-39)81-42-20-57(10,69)56(27(7)76-42)78-29(9)60/h13,15,22-27,32-33,35-42,46-48,52-56,58,61-66,69H,14,16-20H2,1-12H3/t22-,23-,24-,25-,26-,27+,32?,33-,35-,36-,37-,38-,39+,40+,41+,42+,46+,47-,48-,52+,53+,54+,55+,56+,57+/m1/s1. The summed E-state index contributed by atoms with van der Waals surface area (Å²) in [6.45, 7) is 14.8. The molecule has 2 aromatic carbocycles. The van der Waals surface area contributed by atoms with Crippen LogP contribution in [0, 0.1) is 12.8 Å². The maximum Gasteiger partial charge on any atom is 0.303 e. The number of Topliss-reactive ketones (excluding diaryl/α,β-unsaturated/α-hetero) is 2. The van der Waals surface area contributed by atoms with Crippen LogP contribution in [0.3, 0.4) is 0 Å². The predicted octanol–water partition coefficient (Wildman–Crippen LogP) is 1.55. The molecule has 1 aliphatic carbocycles. The van der Waals surface area contributed by atoms with Gasteiger partial charge in [0, 0.05) is 71.7 Å². The Bertz CT molecular complexity index is 2620. The van der Waals surface area contributed by atoms with Crippen LogP contribution in [0.1, 0.15) is 116 Å². The second-order valence-corrected chi connectivity index (χ2v) is 23.1. The Morgan fingerprint density at radius 1 is 0.687 bits per heavy atom. The Morgan fingerprint density at radius 2 is 1.22 bits per heavy atom. The third kappa shape index (κ3) is 13.9. The number of aliphatic hydroxyl groups is 6. The number of hydrogen-bond acceptors (Lipinski definition) is 26. The van der Waals surface area contributed by atoms with E-state index in [-0.39, 0.29) is 71.7 Å². The molecule has 8 N–H and O–H groups in total. The molecule has 8 rings (SSSR count). The Kier molecular flexibility index (Phi) is 20.5. The summed E-state index contributed by atoms with van der Waals surface area (Å²) in [6, 6.07) is 3.04. The van der Waals surface area contributed by atoms with E-state index in [0.717, 1.165) is 0 Å². The largest absolute Gasteiger partial charge is 0.507 e. The molecular formula is C57H82O26.